The van der Waals surface area contributed by atoms with Gasteiger partial charge in [-0.05, 0) is 35.7 Å². The smallest absolute Gasteiger partial charge is 0.177 e. The summed E-state index contributed by atoms with van der Waals surface area (Å²) >= 11 is 3.41. The van der Waals surface area contributed by atoms with Crippen LogP contribution in [0.1, 0.15) is 4.88 Å². The Morgan fingerprint density at radius 2 is 2.19 bits per heavy atom. The summed E-state index contributed by atoms with van der Waals surface area (Å²) in [4.78, 5) is 3.62. The van der Waals surface area contributed by atoms with Crippen molar-refractivity contribution in [2.45, 2.75) is 6.92 Å². The summed E-state index contributed by atoms with van der Waals surface area (Å²) in [5, 5.41) is 16.2. The largest absolute Gasteiger partial charge is 0.215 e. The van der Waals surface area contributed by atoms with Crippen molar-refractivity contribution in [2.24, 2.45) is 0 Å². The second-order valence-electron chi connectivity index (χ2n) is 3.31. The molecule has 0 aliphatic rings. The third kappa shape index (κ3) is 1.56. The summed E-state index contributed by atoms with van der Waals surface area (Å²) in [6, 6.07) is 6.35. The van der Waals surface area contributed by atoms with Crippen LogP contribution in [0, 0.1) is 6.92 Å². The molecule has 3 aromatic heterocycles. The van der Waals surface area contributed by atoms with Gasteiger partial charge in [-0.25, -0.2) is 0 Å². The van der Waals surface area contributed by atoms with Crippen molar-refractivity contribution in [3.63, 3.8) is 0 Å². The first-order valence-electron chi connectivity index (χ1n) is 4.73. The molecule has 3 heterocycles. The molecule has 0 bridgehead atoms. The molecule has 0 amide bonds. The minimum atomic E-state index is 0.663. The molecule has 4 nitrogen and oxygen atoms in total. The highest BCUT2D eigenvalue weighted by atomic mass is 32.1. The summed E-state index contributed by atoms with van der Waals surface area (Å²) in [5.41, 5.74) is 1.18. The first-order chi connectivity index (χ1) is 7.84. The number of aromatic nitrogens is 4. The molecule has 0 unspecified atom stereocenters. The minimum absolute atomic E-state index is 0.663. The van der Waals surface area contributed by atoms with Crippen LogP contribution in [0.15, 0.2) is 23.6 Å². The van der Waals surface area contributed by atoms with Gasteiger partial charge in [0.2, 0.25) is 5.82 Å². The first kappa shape index (κ1) is 9.68. The Balaban J connectivity index is 2.13. The van der Waals surface area contributed by atoms with Crippen molar-refractivity contribution in [1.82, 2.24) is 20.6 Å². The van der Waals surface area contributed by atoms with E-state index in [-0.39, 0.29) is 0 Å². The monoisotopic (exact) mass is 248 g/mol. The van der Waals surface area contributed by atoms with Gasteiger partial charge < -0.3 is 0 Å². The van der Waals surface area contributed by atoms with Crippen LogP contribution in [0.5, 0.6) is 0 Å². The molecular formula is C10H8N4S2. The number of tetrazole rings is 1. The third-order valence-corrected chi connectivity index (χ3v) is 4.16. The number of aryl methyl sites for hydroxylation is 1. The fourth-order valence-electron chi connectivity index (χ4n) is 1.51. The molecule has 0 fully saturated rings. The van der Waals surface area contributed by atoms with Crippen molar-refractivity contribution in [2.75, 3.05) is 0 Å². The summed E-state index contributed by atoms with van der Waals surface area (Å²) in [6.45, 7) is 2.11. The van der Waals surface area contributed by atoms with Crippen LogP contribution < -0.4 is 0 Å². The van der Waals surface area contributed by atoms with Crippen LogP contribution in [-0.4, -0.2) is 20.6 Å². The van der Waals surface area contributed by atoms with E-state index in [1.54, 1.807) is 22.7 Å². The highest BCUT2D eigenvalue weighted by Crippen LogP contribution is 2.37. The highest BCUT2D eigenvalue weighted by Gasteiger charge is 2.13. The second kappa shape index (κ2) is 3.80. The number of thiophene rings is 2. The Bertz CT molecular complexity index is 594. The van der Waals surface area contributed by atoms with Crippen LogP contribution in [-0.2, 0) is 0 Å². The Morgan fingerprint density at radius 1 is 1.25 bits per heavy atom. The molecule has 0 radical (unpaired) electrons. The lowest BCUT2D eigenvalue weighted by molar-refractivity contribution is 0.881. The number of hydrogen-bond donors (Lipinski definition) is 1. The van der Waals surface area contributed by atoms with E-state index < -0.39 is 0 Å². The fraction of sp³-hybridized carbons (Fsp3) is 0.100. The molecule has 16 heavy (non-hydrogen) atoms. The number of hydrogen-bond acceptors (Lipinski definition) is 5. The van der Waals surface area contributed by atoms with Crippen molar-refractivity contribution in [3.8, 4) is 21.1 Å². The summed E-state index contributed by atoms with van der Waals surface area (Å²) in [5.74, 6) is 0.663. The van der Waals surface area contributed by atoms with E-state index in [0.29, 0.717) is 5.82 Å². The van der Waals surface area contributed by atoms with Crippen molar-refractivity contribution in [3.05, 3.63) is 28.5 Å². The maximum atomic E-state index is 4.02. The van der Waals surface area contributed by atoms with E-state index in [1.807, 2.05) is 0 Å². The fourth-order valence-corrected chi connectivity index (χ4v) is 3.31. The molecule has 0 aliphatic heterocycles. The second-order valence-corrected chi connectivity index (χ2v) is 5.51. The minimum Gasteiger partial charge on any atom is -0.177 e. The first-order valence-corrected chi connectivity index (χ1v) is 6.42. The number of nitrogens with zero attached hydrogens (tertiary/aromatic N) is 3. The maximum Gasteiger partial charge on any atom is 0.215 e. The molecule has 0 atom stereocenters. The van der Waals surface area contributed by atoms with Crippen molar-refractivity contribution >= 4 is 22.7 Å². The zero-order chi connectivity index (χ0) is 11.0. The topological polar surface area (TPSA) is 54.5 Å². The van der Waals surface area contributed by atoms with Crippen LogP contribution >= 0.6 is 22.7 Å². The zero-order valence-electron chi connectivity index (χ0n) is 8.47. The Morgan fingerprint density at radius 3 is 2.88 bits per heavy atom. The average Bonchev–Trinajstić information content (AvgIpc) is 2.96. The molecule has 80 valence electrons. The average molecular weight is 248 g/mol. The number of H-pyrrole nitrogens is 1. The van der Waals surface area contributed by atoms with Gasteiger partial charge in [0.1, 0.15) is 0 Å². The molecule has 3 rings (SSSR count). The quantitative estimate of drug-likeness (QED) is 0.758. The molecule has 1 N–H and O–H groups in total. The van der Waals surface area contributed by atoms with Gasteiger partial charge >= 0.3 is 0 Å². The summed E-state index contributed by atoms with van der Waals surface area (Å²) < 4.78 is 0. The SMILES string of the molecule is Cc1ccc(-c2ccsc2-c2nn[nH]n2)s1. The predicted molar refractivity (Wildman–Crippen MR) is 65.5 cm³/mol. The maximum absolute atomic E-state index is 4.02. The molecule has 0 aliphatic carbocycles. The lowest BCUT2D eigenvalue weighted by Gasteiger charge is -1.95. The standard InChI is InChI=1S/C10H8N4S2/c1-6-2-3-8(16-6)7-4-5-15-9(7)10-11-13-14-12-10/h2-5H,1H3,(H,11,12,13,14). The van der Waals surface area contributed by atoms with E-state index in [0.717, 1.165) is 4.88 Å². The van der Waals surface area contributed by atoms with E-state index in [4.69, 9.17) is 0 Å². The summed E-state index contributed by atoms with van der Waals surface area (Å²) in [6.07, 6.45) is 0. The molecule has 0 aromatic carbocycles. The number of rotatable bonds is 2. The van der Waals surface area contributed by atoms with Gasteiger partial charge in [0.15, 0.2) is 0 Å². The van der Waals surface area contributed by atoms with Crippen molar-refractivity contribution < 1.29 is 0 Å². The Hall–Kier alpha value is -1.53. The van der Waals surface area contributed by atoms with Gasteiger partial charge in [-0.3, -0.25) is 0 Å². The van der Waals surface area contributed by atoms with Gasteiger partial charge in [-0.2, -0.15) is 5.21 Å². The Kier molecular flexibility index (Phi) is 2.30. The third-order valence-electron chi connectivity index (χ3n) is 2.22. The lowest BCUT2D eigenvalue weighted by Crippen LogP contribution is -1.78. The van der Waals surface area contributed by atoms with E-state index in [2.05, 4.69) is 51.1 Å². The summed E-state index contributed by atoms with van der Waals surface area (Å²) in [7, 11) is 0. The normalized spacial score (nSPS) is 10.8. The van der Waals surface area contributed by atoms with Crippen LogP contribution in [0.4, 0.5) is 0 Å². The van der Waals surface area contributed by atoms with E-state index >= 15 is 0 Å². The molecule has 0 saturated carbocycles. The predicted octanol–water partition coefficient (Wildman–Crippen LogP) is 2.97. The van der Waals surface area contributed by atoms with Gasteiger partial charge in [-0.1, -0.05) is 0 Å². The molecule has 3 aromatic rings. The van der Waals surface area contributed by atoms with Gasteiger partial charge in [0, 0.05) is 15.3 Å². The number of nitrogens with one attached hydrogen (secondary N) is 1. The van der Waals surface area contributed by atoms with Crippen molar-refractivity contribution in [1.29, 1.82) is 0 Å². The zero-order valence-corrected chi connectivity index (χ0v) is 10.1. The lowest BCUT2D eigenvalue weighted by atomic mass is 10.2. The molecule has 0 spiro atoms. The van der Waals surface area contributed by atoms with Crippen LogP contribution in [0.2, 0.25) is 0 Å². The highest BCUT2D eigenvalue weighted by molar-refractivity contribution is 7.17. The van der Waals surface area contributed by atoms with E-state index in [1.165, 1.54) is 15.3 Å². The molecular weight excluding hydrogens is 240 g/mol. The molecule has 6 heteroatoms. The van der Waals surface area contributed by atoms with Gasteiger partial charge in [-0.15, -0.1) is 32.9 Å². The molecule has 0 saturated heterocycles. The number of aromatic amines is 1. The van der Waals surface area contributed by atoms with Crippen LogP contribution in [0.3, 0.4) is 0 Å². The Labute approximate surface area is 100.0 Å². The van der Waals surface area contributed by atoms with Gasteiger partial charge in [0.05, 0.1) is 4.88 Å². The van der Waals surface area contributed by atoms with Gasteiger partial charge in [0.25, 0.3) is 0 Å². The van der Waals surface area contributed by atoms with Crippen LogP contribution in [0.25, 0.3) is 21.1 Å². The van der Waals surface area contributed by atoms with E-state index in [9.17, 15) is 0 Å².